The smallest absolute Gasteiger partial charge is 0.177 e. The summed E-state index contributed by atoms with van der Waals surface area (Å²) in [5, 5.41) is 0. The van der Waals surface area contributed by atoms with Gasteiger partial charge in [0.1, 0.15) is 0 Å². The van der Waals surface area contributed by atoms with Crippen LogP contribution in [0.15, 0.2) is 23.1 Å². The predicted octanol–water partition coefficient (Wildman–Crippen LogP) is 0.738. The largest absolute Gasteiger partial charge is 0.399 e. The molecule has 0 spiro atoms. The number of anilines is 2. The maximum atomic E-state index is 11.4. The number of sulfone groups is 1. The van der Waals surface area contributed by atoms with Crippen molar-refractivity contribution in [1.29, 1.82) is 0 Å². The van der Waals surface area contributed by atoms with Gasteiger partial charge in [-0.3, -0.25) is 0 Å². The fourth-order valence-corrected chi connectivity index (χ4v) is 2.18. The van der Waals surface area contributed by atoms with Gasteiger partial charge in [-0.05, 0) is 18.2 Å². The van der Waals surface area contributed by atoms with Crippen LogP contribution in [0.25, 0.3) is 0 Å². The molecule has 78 valence electrons. The fourth-order valence-electron chi connectivity index (χ4n) is 1.20. The maximum absolute atomic E-state index is 11.4. The van der Waals surface area contributed by atoms with Gasteiger partial charge in [-0.25, -0.2) is 8.42 Å². The first-order chi connectivity index (χ1) is 6.32. The van der Waals surface area contributed by atoms with Gasteiger partial charge in [0.25, 0.3) is 0 Å². The van der Waals surface area contributed by atoms with Crippen molar-refractivity contribution in [2.45, 2.75) is 4.90 Å². The van der Waals surface area contributed by atoms with Gasteiger partial charge in [0.15, 0.2) is 9.84 Å². The molecular formula is C9H14N2O2S. The van der Waals surface area contributed by atoms with E-state index in [2.05, 4.69) is 0 Å². The molecule has 4 nitrogen and oxygen atoms in total. The monoisotopic (exact) mass is 214 g/mol. The molecule has 0 bridgehead atoms. The Morgan fingerprint density at radius 3 is 2.29 bits per heavy atom. The van der Waals surface area contributed by atoms with Crippen molar-refractivity contribution in [2.75, 3.05) is 31.0 Å². The van der Waals surface area contributed by atoms with E-state index in [1.807, 2.05) is 0 Å². The van der Waals surface area contributed by atoms with Gasteiger partial charge >= 0.3 is 0 Å². The van der Waals surface area contributed by atoms with E-state index >= 15 is 0 Å². The Morgan fingerprint density at radius 2 is 1.86 bits per heavy atom. The second kappa shape index (κ2) is 3.49. The number of nitrogens with two attached hydrogens (primary N) is 1. The predicted molar refractivity (Wildman–Crippen MR) is 58.3 cm³/mol. The summed E-state index contributed by atoms with van der Waals surface area (Å²) in [7, 11) is 0.361. The molecule has 1 rings (SSSR count). The molecule has 0 saturated heterocycles. The topological polar surface area (TPSA) is 63.4 Å². The highest BCUT2D eigenvalue weighted by Gasteiger charge is 2.14. The molecule has 0 aliphatic heterocycles. The fraction of sp³-hybridized carbons (Fsp3) is 0.333. The molecule has 14 heavy (non-hydrogen) atoms. The van der Waals surface area contributed by atoms with Gasteiger partial charge in [-0.2, -0.15) is 0 Å². The van der Waals surface area contributed by atoms with Crippen molar-refractivity contribution in [1.82, 2.24) is 0 Å². The van der Waals surface area contributed by atoms with Gasteiger partial charge in [0, 0.05) is 26.0 Å². The van der Waals surface area contributed by atoms with Crippen molar-refractivity contribution >= 4 is 21.2 Å². The number of nitrogen functional groups attached to an aromatic ring is 1. The van der Waals surface area contributed by atoms with Crippen LogP contribution >= 0.6 is 0 Å². The molecule has 0 radical (unpaired) electrons. The minimum absolute atomic E-state index is 0.266. The lowest BCUT2D eigenvalue weighted by atomic mass is 10.3. The second-order valence-corrected chi connectivity index (χ2v) is 5.38. The zero-order valence-electron chi connectivity index (χ0n) is 8.48. The Bertz CT molecular complexity index is 438. The molecule has 0 amide bonds. The van der Waals surface area contributed by atoms with Crippen LogP contribution < -0.4 is 10.6 Å². The highest BCUT2D eigenvalue weighted by Crippen LogP contribution is 2.25. The number of hydrogen-bond donors (Lipinski definition) is 1. The minimum Gasteiger partial charge on any atom is -0.399 e. The van der Waals surface area contributed by atoms with E-state index in [0.29, 0.717) is 11.4 Å². The third-order valence-electron chi connectivity index (χ3n) is 1.87. The molecule has 0 aliphatic carbocycles. The van der Waals surface area contributed by atoms with Crippen LogP contribution in [0.2, 0.25) is 0 Å². The number of nitrogens with zero attached hydrogens (tertiary/aromatic N) is 1. The van der Waals surface area contributed by atoms with Crippen LogP contribution in [0, 0.1) is 0 Å². The molecule has 0 atom stereocenters. The van der Waals surface area contributed by atoms with Crippen LogP contribution in [-0.2, 0) is 9.84 Å². The van der Waals surface area contributed by atoms with Crippen LogP contribution in [0.5, 0.6) is 0 Å². The molecule has 2 N–H and O–H groups in total. The lowest BCUT2D eigenvalue weighted by Crippen LogP contribution is -2.13. The molecule has 0 heterocycles. The average molecular weight is 214 g/mol. The molecule has 0 fully saturated rings. The Labute approximate surface area is 84.3 Å². The summed E-state index contributed by atoms with van der Waals surface area (Å²) in [5.74, 6) is 0. The summed E-state index contributed by atoms with van der Waals surface area (Å²) < 4.78 is 22.9. The molecule has 0 aromatic heterocycles. The van der Waals surface area contributed by atoms with Crippen molar-refractivity contribution in [3.63, 3.8) is 0 Å². The molecule has 5 heteroatoms. The summed E-state index contributed by atoms with van der Waals surface area (Å²) >= 11 is 0. The van der Waals surface area contributed by atoms with E-state index in [9.17, 15) is 8.42 Å². The molecule has 1 aromatic carbocycles. The number of benzene rings is 1. The van der Waals surface area contributed by atoms with E-state index in [0.717, 1.165) is 0 Å². The summed E-state index contributed by atoms with van der Waals surface area (Å²) in [6.07, 6.45) is 1.18. The molecule has 0 aliphatic rings. The first-order valence-electron chi connectivity index (χ1n) is 4.09. The van der Waals surface area contributed by atoms with Gasteiger partial charge in [-0.1, -0.05) is 0 Å². The lowest BCUT2D eigenvalue weighted by molar-refractivity contribution is 0.602. The van der Waals surface area contributed by atoms with E-state index in [-0.39, 0.29) is 4.90 Å². The van der Waals surface area contributed by atoms with Crippen molar-refractivity contribution in [3.8, 4) is 0 Å². The normalized spacial score (nSPS) is 11.4. The molecular weight excluding hydrogens is 200 g/mol. The maximum Gasteiger partial charge on any atom is 0.177 e. The zero-order valence-corrected chi connectivity index (χ0v) is 9.30. The minimum atomic E-state index is -3.22. The molecule has 1 aromatic rings. The lowest BCUT2D eigenvalue weighted by Gasteiger charge is -2.16. The van der Waals surface area contributed by atoms with Crippen LogP contribution in [0.4, 0.5) is 11.4 Å². The number of rotatable bonds is 2. The number of hydrogen-bond acceptors (Lipinski definition) is 4. The van der Waals surface area contributed by atoms with E-state index in [4.69, 9.17) is 5.73 Å². The third kappa shape index (κ3) is 2.17. The van der Waals surface area contributed by atoms with Crippen molar-refractivity contribution < 1.29 is 8.42 Å². The third-order valence-corrected chi connectivity index (χ3v) is 2.99. The van der Waals surface area contributed by atoms with E-state index in [1.54, 1.807) is 31.1 Å². The quantitative estimate of drug-likeness (QED) is 0.737. The summed E-state index contributed by atoms with van der Waals surface area (Å²) in [5.41, 5.74) is 6.65. The average Bonchev–Trinajstić information content (AvgIpc) is 2.01. The van der Waals surface area contributed by atoms with Gasteiger partial charge in [0.2, 0.25) is 0 Å². The first kappa shape index (κ1) is 10.8. The molecule has 0 unspecified atom stereocenters. The van der Waals surface area contributed by atoms with Crippen LogP contribution in [0.1, 0.15) is 0 Å². The van der Waals surface area contributed by atoms with E-state index in [1.165, 1.54) is 12.3 Å². The van der Waals surface area contributed by atoms with Crippen molar-refractivity contribution in [2.24, 2.45) is 0 Å². The van der Waals surface area contributed by atoms with Gasteiger partial charge in [0.05, 0.1) is 10.6 Å². The molecule has 0 saturated carbocycles. The van der Waals surface area contributed by atoms with Crippen LogP contribution in [-0.4, -0.2) is 28.8 Å². The van der Waals surface area contributed by atoms with Gasteiger partial charge < -0.3 is 10.6 Å². The first-order valence-corrected chi connectivity index (χ1v) is 5.98. The Hall–Kier alpha value is -1.23. The van der Waals surface area contributed by atoms with Crippen LogP contribution in [0.3, 0.4) is 0 Å². The highest BCUT2D eigenvalue weighted by molar-refractivity contribution is 7.90. The Kier molecular flexibility index (Phi) is 2.71. The Morgan fingerprint density at radius 1 is 1.29 bits per heavy atom. The highest BCUT2D eigenvalue weighted by atomic mass is 32.2. The van der Waals surface area contributed by atoms with Gasteiger partial charge in [-0.15, -0.1) is 0 Å². The van der Waals surface area contributed by atoms with E-state index < -0.39 is 9.84 Å². The summed E-state index contributed by atoms with van der Waals surface area (Å²) in [6, 6.07) is 4.86. The summed E-state index contributed by atoms with van der Waals surface area (Å²) in [4.78, 5) is 2.01. The van der Waals surface area contributed by atoms with Crippen molar-refractivity contribution in [3.05, 3.63) is 18.2 Å². The standard InChI is InChI=1S/C9H14N2O2S/c1-11(2)8-5-4-7(10)6-9(8)14(3,12)13/h4-6H,10H2,1-3H3. The SMILES string of the molecule is CN(C)c1ccc(N)cc1S(C)(=O)=O. The second-order valence-electron chi connectivity index (χ2n) is 3.39. The Balaban J connectivity index is 3.46. The zero-order chi connectivity index (χ0) is 10.9. The summed E-state index contributed by atoms with van der Waals surface area (Å²) in [6.45, 7) is 0.